The average molecular weight is 290 g/mol. The Labute approximate surface area is 122 Å². The molecule has 0 spiro atoms. The van der Waals surface area contributed by atoms with E-state index in [-0.39, 0.29) is 5.41 Å². The van der Waals surface area contributed by atoms with E-state index in [4.69, 9.17) is 10.2 Å². The summed E-state index contributed by atoms with van der Waals surface area (Å²) >= 11 is 1.23. The second kappa shape index (κ2) is 5.71. The topological polar surface area (TPSA) is 69.1 Å². The Morgan fingerprint density at radius 2 is 1.95 bits per heavy atom. The molecule has 1 amide bonds. The largest absolute Gasteiger partial charge is 0.436 e. The molecule has 2 aromatic rings. The Morgan fingerprint density at radius 1 is 1.30 bits per heavy atom. The average Bonchev–Trinajstić information content (AvgIpc) is 2.85. The highest BCUT2D eigenvalue weighted by Crippen LogP contribution is 2.36. The van der Waals surface area contributed by atoms with Crippen LogP contribution in [-0.2, 0) is 10.2 Å². The van der Waals surface area contributed by atoms with E-state index in [0.29, 0.717) is 5.22 Å². The Balaban J connectivity index is 2.22. The number of nitrogens with zero attached hydrogens (tertiary/aromatic N) is 1. The molecule has 20 heavy (non-hydrogen) atoms. The van der Waals surface area contributed by atoms with Crippen LogP contribution >= 0.6 is 11.8 Å². The van der Waals surface area contributed by atoms with Crippen LogP contribution in [0.3, 0.4) is 0 Å². The third kappa shape index (κ3) is 3.42. The van der Waals surface area contributed by atoms with Crippen molar-refractivity contribution in [3.63, 3.8) is 0 Å². The Morgan fingerprint density at radius 3 is 2.45 bits per heavy atom. The lowest BCUT2D eigenvalue weighted by Crippen LogP contribution is -2.18. The molecule has 1 aromatic carbocycles. The van der Waals surface area contributed by atoms with Gasteiger partial charge >= 0.3 is 0 Å². The number of hydrogen-bond acceptors (Lipinski definition) is 4. The maximum atomic E-state index is 11.6. The van der Waals surface area contributed by atoms with Crippen molar-refractivity contribution < 1.29 is 9.21 Å². The Hall–Kier alpha value is -1.75. The van der Waals surface area contributed by atoms with E-state index in [9.17, 15) is 4.79 Å². The maximum Gasteiger partial charge on any atom is 0.256 e. The highest BCUT2D eigenvalue weighted by Gasteiger charge is 2.24. The number of primary amides is 1. The third-order valence-electron chi connectivity index (χ3n) is 2.80. The Bertz CT molecular complexity index is 587. The summed E-state index contributed by atoms with van der Waals surface area (Å²) in [6.45, 7) is 6.14. The van der Waals surface area contributed by atoms with E-state index >= 15 is 0 Å². The summed E-state index contributed by atoms with van der Waals surface area (Å²) in [5, 5.41) is -0.0368. The highest BCUT2D eigenvalue weighted by molar-refractivity contribution is 8.00. The van der Waals surface area contributed by atoms with E-state index in [0.717, 1.165) is 11.3 Å². The third-order valence-corrected chi connectivity index (χ3v) is 3.93. The van der Waals surface area contributed by atoms with Crippen LogP contribution in [0.5, 0.6) is 0 Å². The van der Waals surface area contributed by atoms with Gasteiger partial charge < -0.3 is 10.2 Å². The molecule has 5 heteroatoms. The highest BCUT2D eigenvalue weighted by atomic mass is 32.2. The van der Waals surface area contributed by atoms with Gasteiger partial charge in [-0.25, -0.2) is 4.98 Å². The first-order valence-electron chi connectivity index (χ1n) is 6.35. The number of amides is 1. The summed E-state index contributed by atoms with van der Waals surface area (Å²) in [5.41, 5.74) is 6.22. The smallest absolute Gasteiger partial charge is 0.256 e. The summed E-state index contributed by atoms with van der Waals surface area (Å²) in [4.78, 5) is 15.9. The molecule has 0 unspecified atom stereocenters. The van der Waals surface area contributed by atoms with E-state index in [1.54, 1.807) is 6.20 Å². The zero-order chi connectivity index (χ0) is 14.8. The minimum Gasteiger partial charge on any atom is -0.436 e. The lowest BCUT2D eigenvalue weighted by atomic mass is 9.94. The molecule has 1 atom stereocenters. The molecule has 0 radical (unpaired) electrons. The first-order valence-corrected chi connectivity index (χ1v) is 7.23. The quantitative estimate of drug-likeness (QED) is 0.877. The number of thioether (sulfide) groups is 1. The summed E-state index contributed by atoms with van der Waals surface area (Å²) in [5.74, 6) is 0.382. The van der Waals surface area contributed by atoms with Gasteiger partial charge in [-0.2, -0.15) is 0 Å². The van der Waals surface area contributed by atoms with Gasteiger partial charge in [0, 0.05) is 5.41 Å². The molecule has 106 valence electrons. The Kier molecular flexibility index (Phi) is 4.18. The van der Waals surface area contributed by atoms with Crippen LogP contribution in [0, 0.1) is 0 Å². The lowest BCUT2D eigenvalue weighted by molar-refractivity contribution is -0.117. The predicted molar refractivity (Wildman–Crippen MR) is 79.4 cm³/mol. The van der Waals surface area contributed by atoms with Gasteiger partial charge in [-0.3, -0.25) is 4.79 Å². The minimum absolute atomic E-state index is 0.110. The van der Waals surface area contributed by atoms with Gasteiger partial charge in [0.1, 0.15) is 11.0 Å². The number of hydrogen-bond donors (Lipinski definition) is 1. The minimum atomic E-state index is -0.498. The predicted octanol–water partition coefficient (Wildman–Crippen LogP) is 3.29. The van der Waals surface area contributed by atoms with Crippen molar-refractivity contribution in [1.82, 2.24) is 4.98 Å². The van der Waals surface area contributed by atoms with Gasteiger partial charge in [0.2, 0.25) is 5.91 Å². The van der Waals surface area contributed by atoms with Gasteiger partial charge in [0.05, 0.1) is 6.20 Å². The number of carbonyl (C=O) groups is 1. The number of oxazole rings is 1. The van der Waals surface area contributed by atoms with Crippen LogP contribution in [0.1, 0.15) is 37.3 Å². The van der Waals surface area contributed by atoms with Crippen molar-refractivity contribution in [1.29, 1.82) is 0 Å². The van der Waals surface area contributed by atoms with Crippen molar-refractivity contribution in [2.24, 2.45) is 5.73 Å². The van der Waals surface area contributed by atoms with Gasteiger partial charge in [-0.15, -0.1) is 0 Å². The molecule has 0 aliphatic rings. The molecule has 1 aromatic heterocycles. The molecule has 0 fully saturated rings. The number of rotatable bonds is 4. The SMILES string of the molecule is CC(C)(C)c1cnc(S[C@H](C(N)=O)c2ccccc2)o1. The van der Waals surface area contributed by atoms with Crippen molar-refractivity contribution in [2.75, 3.05) is 0 Å². The first kappa shape index (κ1) is 14.7. The first-order chi connectivity index (χ1) is 9.38. The van der Waals surface area contributed by atoms with Gasteiger partial charge in [-0.05, 0) is 17.3 Å². The van der Waals surface area contributed by atoms with E-state index in [2.05, 4.69) is 4.98 Å². The molecular weight excluding hydrogens is 272 g/mol. The van der Waals surface area contributed by atoms with Crippen LogP contribution in [-0.4, -0.2) is 10.9 Å². The normalized spacial score (nSPS) is 13.2. The molecule has 2 rings (SSSR count). The molecule has 0 saturated heterocycles. The molecule has 0 aliphatic carbocycles. The van der Waals surface area contributed by atoms with Crippen molar-refractivity contribution in [3.05, 3.63) is 47.9 Å². The summed E-state index contributed by atoms with van der Waals surface area (Å²) in [6, 6.07) is 9.39. The fraction of sp³-hybridized carbons (Fsp3) is 0.333. The van der Waals surface area contributed by atoms with Crippen molar-refractivity contribution in [2.45, 2.75) is 36.7 Å². The number of carbonyl (C=O) groups excluding carboxylic acids is 1. The molecule has 4 nitrogen and oxygen atoms in total. The summed E-state index contributed by atoms with van der Waals surface area (Å²) in [6.07, 6.45) is 1.70. The van der Waals surface area contributed by atoms with Crippen molar-refractivity contribution in [3.8, 4) is 0 Å². The molecule has 0 bridgehead atoms. The molecule has 0 saturated carbocycles. The molecule has 2 N–H and O–H groups in total. The summed E-state index contributed by atoms with van der Waals surface area (Å²) in [7, 11) is 0. The monoisotopic (exact) mass is 290 g/mol. The van der Waals surface area contributed by atoms with E-state index < -0.39 is 11.2 Å². The summed E-state index contributed by atoms with van der Waals surface area (Å²) < 4.78 is 5.69. The van der Waals surface area contributed by atoms with Gasteiger partial charge in [-0.1, -0.05) is 51.1 Å². The van der Waals surface area contributed by atoms with Crippen LogP contribution in [0.25, 0.3) is 0 Å². The maximum absolute atomic E-state index is 11.6. The fourth-order valence-corrected chi connectivity index (χ4v) is 2.54. The second-order valence-electron chi connectivity index (χ2n) is 5.55. The molecular formula is C15H18N2O2S. The van der Waals surface area contributed by atoms with E-state index in [1.807, 2.05) is 51.1 Å². The standard InChI is InChI=1S/C15H18N2O2S/c1-15(2,3)11-9-17-14(19-11)20-12(13(16)18)10-7-5-4-6-8-10/h4-9,12H,1-3H3,(H2,16,18)/t12-/m0/s1. The molecule has 1 heterocycles. The van der Waals surface area contributed by atoms with Crippen LogP contribution in [0.15, 0.2) is 46.2 Å². The number of benzene rings is 1. The second-order valence-corrected chi connectivity index (χ2v) is 6.61. The van der Waals surface area contributed by atoms with Gasteiger partial charge in [0.25, 0.3) is 5.22 Å². The van der Waals surface area contributed by atoms with Crippen molar-refractivity contribution >= 4 is 17.7 Å². The van der Waals surface area contributed by atoms with E-state index in [1.165, 1.54) is 11.8 Å². The lowest BCUT2D eigenvalue weighted by Gasteiger charge is -2.14. The zero-order valence-electron chi connectivity index (χ0n) is 11.8. The number of nitrogens with two attached hydrogens (primary N) is 1. The number of aromatic nitrogens is 1. The molecule has 0 aliphatic heterocycles. The van der Waals surface area contributed by atoms with Crippen LogP contribution in [0.4, 0.5) is 0 Å². The van der Waals surface area contributed by atoms with Crippen LogP contribution < -0.4 is 5.73 Å². The zero-order valence-corrected chi connectivity index (χ0v) is 12.6. The van der Waals surface area contributed by atoms with Crippen LogP contribution in [0.2, 0.25) is 0 Å². The fourth-order valence-electron chi connectivity index (χ4n) is 1.68. The van der Waals surface area contributed by atoms with Gasteiger partial charge in [0.15, 0.2) is 0 Å².